The summed E-state index contributed by atoms with van der Waals surface area (Å²) < 4.78 is 0. The largest absolute Gasteiger partial charge is 0.179 e. The molecule has 0 amide bonds. The second-order valence-electron chi connectivity index (χ2n) is 2.45. The maximum atomic E-state index is 4.23. The first-order valence-electron chi connectivity index (χ1n) is 4.03. The molecule has 1 unspecified atom stereocenters. The van der Waals surface area contributed by atoms with Crippen molar-refractivity contribution in [3.63, 3.8) is 0 Å². The number of hydrogen-bond donors (Lipinski definition) is 1. The summed E-state index contributed by atoms with van der Waals surface area (Å²) in [4.78, 5) is 0. The molecule has 0 fully saturated rings. The van der Waals surface area contributed by atoms with Gasteiger partial charge < -0.3 is 0 Å². The van der Waals surface area contributed by atoms with Crippen LogP contribution in [0.4, 0.5) is 0 Å². The van der Waals surface area contributed by atoms with Crippen LogP contribution < -0.4 is 0 Å². The first kappa shape index (κ1) is 10.7. The van der Waals surface area contributed by atoms with E-state index in [4.69, 9.17) is 0 Å². The van der Waals surface area contributed by atoms with E-state index in [1.54, 1.807) is 0 Å². The highest BCUT2D eigenvalue weighted by Gasteiger charge is 2.03. The van der Waals surface area contributed by atoms with Gasteiger partial charge in [-0.25, -0.2) is 0 Å². The molecule has 0 nitrogen and oxygen atoms in total. The van der Waals surface area contributed by atoms with E-state index in [1.165, 1.54) is 24.3 Å². The van der Waals surface area contributed by atoms with Gasteiger partial charge in [-0.3, -0.25) is 0 Å². The first-order valence-corrected chi connectivity index (χ1v) is 5.82. The lowest BCUT2D eigenvalue weighted by atomic mass is 10.1. The van der Waals surface area contributed by atoms with Crippen molar-refractivity contribution in [3.05, 3.63) is 0 Å². The van der Waals surface area contributed by atoms with E-state index >= 15 is 0 Å². The van der Waals surface area contributed by atoms with E-state index in [0.717, 1.165) is 11.7 Å². The third-order valence-corrected chi connectivity index (χ3v) is 3.05. The van der Waals surface area contributed by atoms with E-state index < -0.39 is 0 Å². The minimum Gasteiger partial charge on any atom is -0.179 e. The van der Waals surface area contributed by atoms with Gasteiger partial charge in [0.15, 0.2) is 0 Å². The fraction of sp³-hybridized carbons (Fsp3) is 1.00. The predicted octanol–water partition coefficient (Wildman–Crippen LogP) is 3.09. The van der Waals surface area contributed by atoms with Gasteiger partial charge in [0.1, 0.15) is 0 Å². The SMILES string of the molecule is CCSCC(CC)CCS. The normalized spacial score (nSPS) is 13.5. The van der Waals surface area contributed by atoms with Crippen molar-refractivity contribution in [1.82, 2.24) is 0 Å². The Morgan fingerprint density at radius 1 is 1.40 bits per heavy atom. The van der Waals surface area contributed by atoms with Crippen molar-refractivity contribution in [1.29, 1.82) is 0 Å². The third kappa shape index (κ3) is 5.48. The quantitative estimate of drug-likeness (QED) is 0.610. The summed E-state index contributed by atoms with van der Waals surface area (Å²) in [7, 11) is 0. The Morgan fingerprint density at radius 3 is 2.50 bits per heavy atom. The Morgan fingerprint density at radius 2 is 2.10 bits per heavy atom. The molecule has 0 radical (unpaired) electrons. The predicted molar refractivity (Wildman–Crippen MR) is 55.3 cm³/mol. The Balaban J connectivity index is 3.21. The summed E-state index contributed by atoms with van der Waals surface area (Å²) in [6.45, 7) is 4.49. The molecule has 0 aromatic carbocycles. The van der Waals surface area contributed by atoms with Crippen LogP contribution in [0.1, 0.15) is 26.7 Å². The molecule has 0 aliphatic rings. The average Bonchev–Trinajstić information content (AvgIpc) is 1.98. The Kier molecular flexibility index (Phi) is 8.35. The molecule has 0 rings (SSSR count). The molecule has 1 atom stereocenters. The highest BCUT2D eigenvalue weighted by atomic mass is 32.2. The van der Waals surface area contributed by atoms with Gasteiger partial charge in [-0.2, -0.15) is 24.4 Å². The molecule has 0 heterocycles. The molecule has 0 aliphatic carbocycles. The van der Waals surface area contributed by atoms with E-state index in [2.05, 4.69) is 26.5 Å². The minimum absolute atomic E-state index is 0.905. The van der Waals surface area contributed by atoms with Crippen LogP contribution in [0.15, 0.2) is 0 Å². The summed E-state index contributed by atoms with van der Waals surface area (Å²) in [6.07, 6.45) is 2.60. The highest BCUT2D eigenvalue weighted by molar-refractivity contribution is 7.99. The molecule has 0 saturated carbocycles. The summed E-state index contributed by atoms with van der Waals surface area (Å²) in [5.41, 5.74) is 0. The van der Waals surface area contributed by atoms with Gasteiger partial charge in [0, 0.05) is 0 Å². The lowest BCUT2D eigenvalue weighted by Gasteiger charge is -2.11. The molecule has 0 saturated heterocycles. The van der Waals surface area contributed by atoms with Crippen molar-refractivity contribution in [3.8, 4) is 0 Å². The van der Waals surface area contributed by atoms with Crippen molar-refractivity contribution >= 4 is 24.4 Å². The van der Waals surface area contributed by atoms with Crippen molar-refractivity contribution in [2.45, 2.75) is 26.7 Å². The molecule has 62 valence electrons. The molecule has 10 heavy (non-hydrogen) atoms. The maximum Gasteiger partial charge on any atom is -0.00390 e. The fourth-order valence-electron chi connectivity index (χ4n) is 0.872. The van der Waals surface area contributed by atoms with Crippen molar-refractivity contribution in [2.24, 2.45) is 5.92 Å². The van der Waals surface area contributed by atoms with Gasteiger partial charge in [-0.05, 0) is 29.6 Å². The van der Waals surface area contributed by atoms with Gasteiger partial charge in [-0.15, -0.1) is 0 Å². The fourth-order valence-corrected chi connectivity index (χ4v) is 2.21. The van der Waals surface area contributed by atoms with E-state index in [0.29, 0.717) is 0 Å². The minimum atomic E-state index is 0.905. The topological polar surface area (TPSA) is 0 Å². The molecule has 0 aromatic rings. The second-order valence-corrected chi connectivity index (χ2v) is 4.21. The zero-order valence-electron chi connectivity index (χ0n) is 6.97. The van der Waals surface area contributed by atoms with Crippen LogP contribution in [0.25, 0.3) is 0 Å². The zero-order valence-corrected chi connectivity index (χ0v) is 8.68. The summed E-state index contributed by atoms with van der Waals surface area (Å²) in [5, 5.41) is 0. The highest BCUT2D eigenvalue weighted by Crippen LogP contribution is 2.15. The monoisotopic (exact) mass is 178 g/mol. The van der Waals surface area contributed by atoms with Crippen molar-refractivity contribution in [2.75, 3.05) is 17.3 Å². The Labute approximate surface area is 74.6 Å². The third-order valence-electron chi connectivity index (χ3n) is 1.67. The van der Waals surface area contributed by atoms with E-state index in [-0.39, 0.29) is 0 Å². The van der Waals surface area contributed by atoms with Crippen LogP contribution in [0, 0.1) is 5.92 Å². The van der Waals surface area contributed by atoms with Crippen molar-refractivity contribution < 1.29 is 0 Å². The summed E-state index contributed by atoms with van der Waals surface area (Å²) >= 11 is 6.27. The second kappa shape index (κ2) is 7.80. The molecule has 0 aromatic heterocycles. The van der Waals surface area contributed by atoms with Crippen LogP contribution in [0.5, 0.6) is 0 Å². The van der Waals surface area contributed by atoms with Crippen LogP contribution in [-0.2, 0) is 0 Å². The molecule has 0 aliphatic heterocycles. The van der Waals surface area contributed by atoms with Gasteiger partial charge >= 0.3 is 0 Å². The lowest BCUT2D eigenvalue weighted by Crippen LogP contribution is -2.02. The standard InChI is InChI=1S/C8H18S2/c1-3-8(5-6-9)7-10-4-2/h8-9H,3-7H2,1-2H3. The molecule has 0 bridgehead atoms. The van der Waals surface area contributed by atoms with Crippen LogP contribution >= 0.6 is 24.4 Å². The number of thiol groups is 1. The Bertz CT molecular complexity index is 64.3. The van der Waals surface area contributed by atoms with Crippen LogP contribution in [-0.4, -0.2) is 17.3 Å². The first-order chi connectivity index (χ1) is 4.85. The average molecular weight is 178 g/mol. The van der Waals surface area contributed by atoms with Gasteiger partial charge in [0.05, 0.1) is 0 Å². The summed E-state index contributed by atoms with van der Waals surface area (Å²) in [6, 6.07) is 0. The van der Waals surface area contributed by atoms with E-state index in [1.807, 2.05) is 11.8 Å². The van der Waals surface area contributed by atoms with Gasteiger partial charge in [0.2, 0.25) is 0 Å². The molecule has 2 heteroatoms. The number of thioether (sulfide) groups is 1. The van der Waals surface area contributed by atoms with Crippen LogP contribution in [0.3, 0.4) is 0 Å². The Hall–Kier alpha value is 0.700. The molecule has 0 N–H and O–H groups in total. The number of rotatable bonds is 6. The van der Waals surface area contributed by atoms with E-state index in [9.17, 15) is 0 Å². The van der Waals surface area contributed by atoms with Gasteiger partial charge in [0.25, 0.3) is 0 Å². The van der Waals surface area contributed by atoms with Crippen LogP contribution in [0.2, 0.25) is 0 Å². The maximum absolute atomic E-state index is 4.23. The molecular weight excluding hydrogens is 160 g/mol. The molecular formula is C8H18S2. The summed E-state index contributed by atoms with van der Waals surface area (Å²) in [5.74, 6) is 4.53. The zero-order chi connectivity index (χ0) is 7.82. The number of hydrogen-bond acceptors (Lipinski definition) is 2. The lowest BCUT2D eigenvalue weighted by molar-refractivity contribution is 0.559. The smallest absolute Gasteiger partial charge is 0.00390 e. The van der Waals surface area contributed by atoms with Gasteiger partial charge in [-0.1, -0.05) is 20.3 Å². The molecule has 0 spiro atoms.